The number of aromatic nitrogens is 1. The number of carbonyl (C=O) groups excluding carboxylic acids is 1. The zero-order chi connectivity index (χ0) is 13.9. The average Bonchev–Trinajstić information content (AvgIpc) is 2.88. The number of allylic oxidation sites excluding steroid dienone is 2. The summed E-state index contributed by atoms with van der Waals surface area (Å²) < 4.78 is 7.33. The first kappa shape index (κ1) is 13.0. The number of ether oxygens (including phenoxy) is 1. The first-order valence-corrected chi connectivity index (χ1v) is 7.25. The number of hydrogen-bond donors (Lipinski definition) is 0. The van der Waals surface area contributed by atoms with Gasteiger partial charge in [-0.25, -0.2) is 4.79 Å². The highest BCUT2D eigenvalue weighted by Gasteiger charge is 2.21. The minimum absolute atomic E-state index is 0.234. The van der Waals surface area contributed by atoms with Crippen molar-refractivity contribution in [3.8, 4) is 0 Å². The summed E-state index contributed by atoms with van der Waals surface area (Å²) in [7, 11) is 0. The van der Waals surface area contributed by atoms with E-state index in [1.807, 2.05) is 31.2 Å². The maximum absolute atomic E-state index is 12.2. The molecule has 1 unspecified atom stereocenters. The molecular weight excluding hydrogens is 250 g/mol. The summed E-state index contributed by atoms with van der Waals surface area (Å²) in [6.45, 7) is 2.24. The molecule has 0 fully saturated rings. The molecule has 1 aliphatic rings. The Labute approximate surface area is 118 Å². The summed E-state index contributed by atoms with van der Waals surface area (Å²) in [5.41, 5.74) is 1.76. The molecule has 3 nitrogen and oxygen atoms in total. The number of rotatable bonds is 3. The lowest BCUT2D eigenvalue weighted by Gasteiger charge is -2.21. The predicted octanol–water partition coefficient (Wildman–Crippen LogP) is 4.10. The molecule has 1 heterocycles. The van der Waals surface area contributed by atoms with Crippen molar-refractivity contribution < 1.29 is 9.53 Å². The summed E-state index contributed by atoms with van der Waals surface area (Å²) in [5, 5.41) is 1.09. The number of esters is 1. The first-order chi connectivity index (χ1) is 9.81. The van der Waals surface area contributed by atoms with Crippen LogP contribution in [0.4, 0.5) is 0 Å². The van der Waals surface area contributed by atoms with Crippen LogP contribution in [0.15, 0.2) is 42.5 Å². The second-order valence-electron chi connectivity index (χ2n) is 5.11. The van der Waals surface area contributed by atoms with Crippen LogP contribution in [0, 0.1) is 0 Å². The van der Waals surface area contributed by atoms with Crippen LogP contribution >= 0.6 is 0 Å². The zero-order valence-corrected chi connectivity index (χ0v) is 11.7. The smallest absolute Gasteiger partial charge is 0.354 e. The molecule has 0 aliphatic heterocycles. The van der Waals surface area contributed by atoms with Crippen LogP contribution < -0.4 is 0 Å². The lowest BCUT2D eigenvalue weighted by Crippen LogP contribution is -2.17. The minimum Gasteiger partial charge on any atom is -0.461 e. The molecule has 0 saturated heterocycles. The van der Waals surface area contributed by atoms with E-state index in [1.54, 1.807) is 0 Å². The summed E-state index contributed by atoms with van der Waals surface area (Å²) in [4.78, 5) is 12.2. The van der Waals surface area contributed by atoms with E-state index in [9.17, 15) is 4.79 Å². The van der Waals surface area contributed by atoms with Gasteiger partial charge in [0.25, 0.3) is 0 Å². The van der Waals surface area contributed by atoms with Crippen molar-refractivity contribution in [3.05, 3.63) is 48.2 Å². The highest BCUT2D eigenvalue weighted by atomic mass is 16.5. The third kappa shape index (κ3) is 2.24. The second kappa shape index (κ2) is 5.53. The molecule has 0 amide bonds. The van der Waals surface area contributed by atoms with Gasteiger partial charge in [0.15, 0.2) is 0 Å². The second-order valence-corrected chi connectivity index (χ2v) is 5.11. The molecule has 104 valence electrons. The quantitative estimate of drug-likeness (QED) is 0.620. The summed E-state index contributed by atoms with van der Waals surface area (Å²) in [5.74, 6) is -0.234. The number of fused-ring (bicyclic) bond motifs is 1. The fraction of sp³-hybridized carbons (Fsp3) is 0.353. The molecule has 1 aromatic heterocycles. The molecule has 20 heavy (non-hydrogen) atoms. The topological polar surface area (TPSA) is 31.2 Å². The van der Waals surface area contributed by atoms with E-state index in [0.29, 0.717) is 12.3 Å². The van der Waals surface area contributed by atoms with Crippen LogP contribution in [-0.2, 0) is 4.74 Å². The molecule has 1 aromatic carbocycles. The van der Waals surface area contributed by atoms with Crippen molar-refractivity contribution in [2.24, 2.45) is 0 Å². The normalized spacial score (nSPS) is 18.4. The largest absolute Gasteiger partial charge is 0.461 e. The van der Waals surface area contributed by atoms with E-state index >= 15 is 0 Å². The van der Waals surface area contributed by atoms with Crippen molar-refractivity contribution in [3.63, 3.8) is 0 Å². The SMILES string of the molecule is CCOC(=O)c1cc2ccccc2n1C1C=CCCC1. The Bertz CT molecular complexity index is 654. The van der Waals surface area contributed by atoms with E-state index in [4.69, 9.17) is 4.74 Å². The van der Waals surface area contributed by atoms with Crippen molar-refractivity contribution in [2.75, 3.05) is 6.61 Å². The van der Waals surface area contributed by atoms with Crippen molar-refractivity contribution in [2.45, 2.75) is 32.2 Å². The third-order valence-electron chi connectivity index (χ3n) is 3.79. The van der Waals surface area contributed by atoms with Gasteiger partial charge < -0.3 is 9.30 Å². The molecule has 3 heteroatoms. The van der Waals surface area contributed by atoms with Gasteiger partial charge in [-0.2, -0.15) is 0 Å². The Kier molecular flexibility index (Phi) is 3.59. The van der Waals surface area contributed by atoms with Crippen LogP contribution in [0.3, 0.4) is 0 Å². The van der Waals surface area contributed by atoms with E-state index in [1.165, 1.54) is 0 Å². The highest BCUT2D eigenvalue weighted by molar-refractivity contribution is 5.95. The molecule has 3 rings (SSSR count). The van der Waals surface area contributed by atoms with Crippen LogP contribution in [0.25, 0.3) is 10.9 Å². The highest BCUT2D eigenvalue weighted by Crippen LogP contribution is 2.30. The lowest BCUT2D eigenvalue weighted by molar-refractivity contribution is 0.0513. The van der Waals surface area contributed by atoms with Crippen molar-refractivity contribution in [1.82, 2.24) is 4.57 Å². The number of hydrogen-bond acceptors (Lipinski definition) is 2. The van der Waals surface area contributed by atoms with Gasteiger partial charge >= 0.3 is 5.97 Å². The zero-order valence-electron chi connectivity index (χ0n) is 11.7. The Hall–Kier alpha value is -2.03. The Morgan fingerprint density at radius 2 is 2.25 bits per heavy atom. The molecule has 2 aromatic rings. The molecule has 0 bridgehead atoms. The van der Waals surface area contributed by atoms with Crippen molar-refractivity contribution in [1.29, 1.82) is 0 Å². The Balaban J connectivity index is 2.14. The molecule has 0 N–H and O–H groups in total. The van der Waals surface area contributed by atoms with Crippen molar-refractivity contribution >= 4 is 16.9 Å². The molecular formula is C17H19NO2. The summed E-state index contributed by atoms with van der Waals surface area (Å²) in [6.07, 6.45) is 7.78. The van der Waals surface area contributed by atoms with Crippen LogP contribution in [0.5, 0.6) is 0 Å². The lowest BCUT2D eigenvalue weighted by atomic mass is 10.0. The van der Waals surface area contributed by atoms with Gasteiger partial charge in [0, 0.05) is 10.9 Å². The van der Waals surface area contributed by atoms with Gasteiger partial charge in [-0.1, -0.05) is 30.4 Å². The van der Waals surface area contributed by atoms with E-state index in [-0.39, 0.29) is 12.0 Å². The van der Waals surface area contributed by atoms with Gasteiger partial charge in [-0.3, -0.25) is 0 Å². The van der Waals surface area contributed by atoms with Gasteiger partial charge in [-0.15, -0.1) is 0 Å². The Morgan fingerprint density at radius 1 is 1.40 bits per heavy atom. The Morgan fingerprint density at radius 3 is 3.00 bits per heavy atom. The monoisotopic (exact) mass is 269 g/mol. The van der Waals surface area contributed by atoms with Crippen LogP contribution in [-0.4, -0.2) is 17.1 Å². The van der Waals surface area contributed by atoms with E-state index < -0.39 is 0 Å². The maximum Gasteiger partial charge on any atom is 0.354 e. The number of nitrogens with zero attached hydrogens (tertiary/aromatic N) is 1. The number of carbonyl (C=O) groups is 1. The molecule has 1 atom stereocenters. The number of benzene rings is 1. The standard InChI is InChI=1S/C17H19NO2/c1-2-20-17(19)16-12-13-8-6-7-11-15(13)18(16)14-9-4-3-5-10-14/h4,6-9,11-12,14H,2-3,5,10H2,1H3. The maximum atomic E-state index is 12.2. The fourth-order valence-corrected chi connectivity index (χ4v) is 2.90. The van der Waals surface area contributed by atoms with Gasteiger partial charge in [-0.05, 0) is 38.3 Å². The average molecular weight is 269 g/mol. The molecule has 0 saturated carbocycles. The predicted molar refractivity (Wildman–Crippen MR) is 79.9 cm³/mol. The molecule has 0 spiro atoms. The van der Waals surface area contributed by atoms with Crippen LogP contribution in [0.2, 0.25) is 0 Å². The van der Waals surface area contributed by atoms with Gasteiger partial charge in [0.2, 0.25) is 0 Å². The van der Waals surface area contributed by atoms with Gasteiger partial charge in [0.1, 0.15) is 5.69 Å². The minimum atomic E-state index is -0.234. The summed E-state index contributed by atoms with van der Waals surface area (Å²) in [6, 6.07) is 10.3. The molecule has 0 radical (unpaired) electrons. The summed E-state index contributed by atoms with van der Waals surface area (Å²) >= 11 is 0. The first-order valence-electron chi connectivity index (χ1n) is 7.25. The van der Waals surface area contributed by atoms with E-state index in [2.05, 4.69) is 22.8 Å². The molecule has 1 aliphatic carbocycles. The third-order valence-corrected chi connectivity index (χ3v) is 3.79. The van der Waals surface area contributed by atoms with Crippen LogP contribution in [0.1, 0.15) is 42.7 Å². The van der Waals surface area contributed by atoms with Gasteiger partial charge in [0.05, 0.1) is 12.6 Å². The van der Waals surface area contributed by atoms with E-state index in [0.717, 1.165) is 30.2 Å². The fourth-order valence-electron chi connectivity index (χ4n) is 2.90. The number of para-hydroxylation sites is 1.